The summed E-state index contributed by atoms with van der Waals surface area (Å²) in [6.07, 6.45) is 0. The molecule has 5 N–H and O–H groups in total. The number of rotatable bonds is 11. The van der Waals surface area contributed by atoms with E-state index in [9.17, 15) is 57.0 Å². The molecule has 0 unspecified atom stereocenters. The fourth-order valence-electron chi connectivity index (χ4n) is 8.55. The summed E-state index contributed by atoms with van der Waals surface area (Å²) < 4.78 is 137. The normalized spacial score (nSPS) is 13.1. The molecule has 0 bridgehead atoms. The number of aromatic hydroxyl groups is 1. The maximum atomic E-state index is 12.3. The summed E-state index contributed by atoms with van der Waals surface area (Å²) in [6.45, 7) is 0. The van der Waals surface area contributed by atoms with E-state index < -0.39 is 60.1 Å². The van der Waals surface area contributed by atoms with Gasteiger partial charge in [0.05, 0.1) is 48.8 Å². The fraction of sp³-hybridized carbons (Fsp3) is 0. The van der Waals surface area contributed by atoms with E-state index in [0.29, 0.717) is 39.3 Å². The molecule has 11 aromatic rings. The van der Waals surface area contributed by atoms with Crippen molar-refractivity contribution in [2.45, 2.75) is 19.6 Å². The Morgan fingerprint density at radius 1 is 0.368 bits per heavy atom. The molecule has 22 nitrogen and oxygen atoms in total. The second-order valence-corrected chi connectivity index (χ2v) is 22.6. The first-order valence-corrected chi connectivity index (χ1v) is 27.7. The van der Waals surface area contributed by atoms with Crippen LogP contribution in [0.15, 0.2) is 208 Å². The van der Waals surface area contributed by atoms with Gasteiger partial charge in [0.25, 0.3) is 40.5 Å². The summed E-state index contributed by atoms with van der Waals surface area (Å²) in [5.74, 6) is -0.313. The van der Waals surface area contributed by atoms with E-state index in [1.807, 2.05) is 36.4 Å². The van der Waals surface area contributed by atoms with Gasteiger partial charge in [0.2, 0.25) is 0 Å². The van der Waals surface area contributed by atoms with Crippen LogP contribution in [0.4, 0.5) is 34.1 Å². The summed E-state index contributed by atoms with van der Waals surface area (Å²) >= 11 is 0. The molecule has 10 aromatic carbocycles. The maximum Gasteiger partial charge on any atom is 0.295 e. The summed E-state index contributed by atoms with van der Waals surface area (Å²) in [5.41, 5.74) is 1.89. The smallest absolute Gasteiger partial charge is 0.295 e. The van der Waals surface area contributed by atoms with Gasteiger partial charge in [-0.3, -0.25) is 18.2 Å². The average molecular weight is 1090 g/mol. The molecule has 0 aliphatic carbocycles. The molecule has 0 aliphatic heterocycles. The third-order valence-electron chi connectivity index (χ3n) is 12.2. The standard InChI is InChI=1S/C50H31N9O13S4/c60-50-35-11-8-31(59-57-46-16-14-38-41(49(46)58-59)25-34(75(67,68)69)26-48(38)76(70,71)72)22-29(35)6-15-47(50)56-55-45-20-18-43(37-13-10-33(24-40(37)45)74(64,65)66)53-54-44-19-17-42(36-12-9-32(23-39(36)44)73(61,62)63)52-51-30-7-5-27-3-1-2-4-28(27)21-30/h1-26,60H,(H,61,62,63)(H,64,65,66)(H,67,68,69)(H,70,71,72). The van der Waals surface area contributed by atoms with Gasteiger partial charge in [-0.1, -0.05) is 54.6 Å². The second-order valence-electron chi connectivity index (χ2n) is 16.9. The minimum Gasteiger partial charge on any atom is -0.505 e. The molecule has 0 aliphatic rings. The molecular weight excluding hydrogens is 1060 g/mol. The number of aromatic nitrogens is 3. The number of fused-ring (bicyclic) bond motifs is 7. The van der Waals surface area contributed by atoms with Crippen molar-refractivity contribution in [3.05, 3.63) is 158 Å². The predicted octanol–water partition coefficient (Wildman–Crippen LogP) is 12.1. The monoisotopic (exact) mass is 1090 g/mol. The van der Waals surface area contributed by atoms with Crippen LogP contribution >= 0.6 is 0 Å². The molecule has 0 fully saturated rings. The summed E-state index contributed by atoms with van der Waals surface area (Å²) in [4.78, 5) is -1.29. The number of hydrogen-bond donors (Lipinski definition) is 5. The van der Waals surface area contributed by atoms with Gasteiger partial charge in [-0.25, -0.2) is 0 Å². The molecule has 0 radical (unpaired) electrons. The quantitative estimate of drug-likeness (QED) is 0.0593. The number of phenols is 1. The van der Waals surface area contributed by atoms with Gasteiger partial charge in [-0.15, -0.1) is 35.8 Å². The van der Waals surface area contributed by atoms with Crippen molar-refractivity contribution in [3.63, 3.8) is 0 Å². The number of azo groups is 3. The van der Waals surface area contributed by atoms with E-state index in [1.54, 1.807) is 24.3 Å². The van der Waals surface area contributed by atoms with Crippen LogP contribution in [0.3, 0.4) is 0 Å². The second kappa shape index (κ2) is 18.2. The Balaban J connectivity index is 0.929. The van der Waals surface area contributed by atoms with Crippen LogP contribution in [-0.4, -0.2) is 72.0 Å². The number of nitrogens with zero attached hydrogens (tertiary/aromatic N) is 9. The van der Waals surface area contributed by atoms with Gasteiger partial charge < -0.3 is 5.11 Å². The van der Waals surface area contributed by atoms with Crippen molar-refractivity contribution < 1.29 is 57.0 Å². The van der Waals surface area contributed by atoms with Gasteiger partial charge in [-0.05, 0) is 119 Å². The predicted molar refractivity (Wildman–Crippen MR) is 279 cm³/mol. The lowest BCUT2D eigenvalue weighted by Crippen LogP contribution is -2.04. The molecule has 0 amide bonds. The number of hydrogen-bond acceptors (Lipinski definition) is 17. The zero-order valence-electron chi connectivity index (χ0n) is 38.2. The lowest BCUT2D eigenvalue weighted by molar-refractivity contribution is 0.479. The van der Waals surface area contributed by atoms with Gasteiger partial charge in [0, 0.05) is 37.7 Å². The van der Waals surface area contributed by atoms with Gasteiger partial charge in [0.1, 0.15) is 21.6 Å². The molecule has 0 saturated carbocycles. The Bertz CT molecular complexity index is 4920. The maximum absolute atomic E-state index is 12.3. The Kier molecular flexibility index (Phi) is 11.8. The van der Waals surface area contributed by atoms with Crippen LogP contribution in [0.25, 0.3) is 70.6 Å². The van der Waals surface area contributed by atoms with E-state index in [-0.39, 0.29) is 66.5 Å². The molecule has 0 spiro atoms. The van der Waals surface area contributed by atoms with Crippen molar-refractivity contribution in [2.24, 2.45) is 30.7 Å². The highest BCUT2D eigenvalue weighted by Crippen LogP contribution is 2.42. The van der Waals surface area contributed by atoms with E-state index in [4.69, 9.17) is 0 Å². The van der Waals surface area contributed by atoms with Crippen LogP contribution in [0.2, 0.25) is 0 Å². The fourth-order valence-corrected chi connectivity index (χ4v) is 10.9. The SMILES string of the molecule is O=S(=O)(O)c1ccc2c(N=Nc3ccc(N=Nc4ccc5ccccc5c4)c4ccc(S(=O)(=O)O)cc34)ccc(N=Nc3ccc4cc(-n5nc6ccc7c(S(=O)(=O)O)cc(S(=O)(=O)O)cc7c6n5)ccc4c3O)c2c1. The highest BCUT2D eigenvalue weighted by molar-refractivity contribution is 7.87. The highest BCUT2D eigenvalue weighted by atomic mass is 32.2. The third-order valence-corrected chi connectivity index (χ3v) is 15.6. The lowest BCUT2D eigenvalue weighted by atomic mass is 10.1. The van der Waals surface area contributed by atoms with E-state index >= 15 is 0 Å². The zero-order chi connectivity index (χ0) is 53.5. The summed E-state index contributed by atoms with van der Waals surface area (Å²) in [7, 11) is -19.3. The van der Waals surface area contributed by atoms with Crippen molar-refractivity contribution in [3.8, 4) is 11.4 Å². The van der Waals surface area contributed by atoms with Crippen LogP contribution < -0.4 is 0 Å². The molecule has 0 saturated heterocycles. The van der Waals surface area contributed by atoms with Gasteiger partial charge >= 0.3 is 0 Å². The first-order valence-electron chi connectivity index (χ1n) is 21.9. The highest BCUT2D eigenvalue weighted by Gasteiger charge is 2.24. The zero-order valence-corrected chi connectivity index (χ0v) is 41.4. The van der Waals surface area contributed by atoms with Crippen LogP contribution in [0.5, 0.6) is 5.75 Å². The van der Waals surface area contributed by atoms with Crippen LogP contribution in [-0.2, 0) is 40.5 Å². The van der Waals surface area contributed by atoms with E-state index in [2.05, 4.69) is 40.9 Å². The largest absolute Gasteiger partial charge is 0.505 e. The first-order chi connectivity index (χ1) is 36.1. The third kappa shape index (κ3) is 9.37. The number of phenolic OH excluding ortho intramolecular Hbond substituents is 1. The summed E-state index contributed by atoms with van der Waals surface area (Å²) in [6, 6.07) is 39.0. The van der Waals surface area contributed by atoms with Crippen LogP contribution in [0, 0.1) is 0 Å². The van der Waals surface area contributed by atoms with E-state index in [0.717, 1.165) is 29.0 Å². The molecule has 11 rings (SSSR count). The molecular formula is C50H31N9O13S4. The molecule has 1 heterocycles. The van der Waals surface area contributed by atoms with Crippen LogP contribution in [0.1, 0.15) is 0 Å². The average Bonchev–Trinajstić information content (AvgIpc) is 3.83. The Labute approximate surface area is 428 Å². The summed E-state index contributed by atoms with van der Waals surface area (Å²) in [5, 5.41) is 50.3. The molecule has 1 aromatic heterocycles. The van der Waals surface area contributed by atoms with Gasteiger partial charge in [-0.2, -0.15) is 43.6 Å². The first kappa shape index (κ1) is 49.4. The van der Waals surface area contributed by atoms with Crippen molar-refractivity contribution in [2.75, 3.05) is 0 Å². The lowest BCUT2D eigenvalue weighted by Gasteiger charge is -2.09. The minimum atomic E-state index is -4.96. The van der Waals surface area contributed by atoms with E-state index in [1.165, 1.54) is 77.6 Å². The molecule has 76 heavy (non-hydrogen) atoms. The molecule has 378 valence electrons. The topological polar surface area (TPSA) is 343 Å². The van der Waals surface area contributed by atoms with Crippen molar-refractivity contribution in [1.29, 1.82) is 0 Å². The Morgan fingerprint density at radius 2 is 0.868 bits per heavy atom. The Hall–Kier alpha value is -8.86. The molecule has 0 atom stereocenters. The van der Waals surface area contributed by atoms with Crippen molar-refractivity contribution >= 4 is 139 Å². The molecule has 26 heteroatoms. The minimum absolute atomic E-state index is 0.0156. The van der Waals surface area contributed by atoms with Crippen molar-refractivity contribution in [1.82, 2.24) is 15.0 Å². The Morgan fingerprint density at radius 3 is 1.46 bits per heavy atom. The van der Waals surface area contributed by atoms with Gasteiger partial charge in [0.15, 0.2) is 5.75 Å². The number of benzene rings is 10.